The molecule has 0 amide bonds. The van der Waals surface area contributed by atoms with Gasteiger partial charge >= 0.3 is 0 Å². The van der Waals surface area contributed by atoms with Gasteiger partial charge in [0.05, 0.1) is 11.0 Å². The number of allylic oxidation sites excluding steroid dienone is 3. The van der Waals surface area contributed by atoms with Gasteiger partial charge in [0.25, 0.3) is 0 Å². The van der Waals surface area contributed by atoms with Crippen LogP contribution in [0.2, 0.25) is 0 Å². The molecule has 8 aromatic rings. The molecule has 46 heavy (non-hydrogen) atoms. The molecule has 2 N–H and O–H groups in total. The van der Waals surface area contributed by atoms with Gasteiger partial charge in [-0.2, -0.15) is 0 Å². The molecule has 224 valence electrons. The van der Waals surface area contributed by atoms with Gasteiger partial charge in [0.1, 0.15) is 0 Å². The van der Waals surface area contributed by atoms with E-state index in [9.17, 15) is 0 Å². The summed E-state index contributed by atoms with van der Waals surface area (Å²) in [5.74, 6) is 0. The highest BCUT2D eigenvalue weighted by atomic mass is 15.0. The maximum Gasteiger partial charge on any atom is 0.0576 e. The summed E-state index contributed by atoms with van der Waals surface area (Å²) in [7, 11) is 2.14. The molecule has 3 heteroatoms. The van der Waals surface area contributed by atoms with Gasteiger partial charge in [-0.15, -0.1) is 0 Å². The van der Waals surface area contributed by atoms with Crippen molar-refractivity contribution in [3.8, 4) is 5.69 Å². The van der Waals surface area contributed by atoms with E-state index in [1.165, 1.54) is 71.2 Å². The van der Waals surface area contributed by atoms with E-state index in [0.717, 1.165) is 12.1 Å². The summed E-state index contributed by atoms with van der Waals surface area (Å²) in [5.41, 5.74) is 16.2. The zero-order chi connectivity index (χ0) is 31.4. The van der Waals surface area contributed by atoms with Gasteiger partial charge < -0.3 is 14.9 Å². The highest BCUT2D eigenvalue weighted by molar-refractivity contribution is 6.20. The van der Waals surface area contributed by atoms with E-state index in [1.807, 2.05) is 0 Å². The van der Waals surface area contributed by atoms with E-state index in [-0.39, 0.29) is 5.41 Å². The average Bonchev–Trinajstić information content (AvgIpc) is 3.69. The number of fused-ring (bicyclic) bond motifs is 8. The fourth-order valence-corrected chi connectivity index (χ4v) is 7.27. The van der Waals surface area contributed by atoms with Crippen molar-refractivity contribution in [3.63, 3.8) is 0 Å². The third-order valence-electron chi connectivity index (χ3n) is 9.72. The Labute approximate surface area is 269 Å². The molecule has 0 saturated heterocycles. The summed E-state index contributed by atoms with van der Waals surface area (Å²) < 4.78 is 4.66. The van der Waals surface area contributed by atoms with Crippen LogP contribution in [0.1, 0.15) is 19.4 Å². The summed E-state index contributed by atoms with van der Waals surface area (Å²) in [6.45, 7) is 4.35. The minimum absolute atomic E-state index is 0.0602. The molecule has 0 fully saturated rings. The van der Waals surface area contributed by atoms with Gasteiger partial charge in [-0.3, -0.25) is 0 Å². The summed E-state index contributed by atoms with van der Waals surface area (Å²) in [6, 6.07) is 47.5. The third-order valence-corrected chi connectivity index (χ3v) is 9.72. The largest absolute Gasteiger partial charge is 0.401 e. The lowest BCUT2D eigenvalue weighted by atomic mass is 9.91. The van der Waals surface area contributed by atoms with Crippen LogP contribution in [0.25, 0.3) is 60.1 Å². The number of nitrogens with zero attached hydrogens (tertiary/aromatic N) is 2. The van der Waals surface area contributed by atoms with Crippen molar-refractivity contribution in [3.05, 3.63) is 162 Å². The van der Waals surface area contributed by atoms with E-state index in [2.05, 4.69) is 176 Å². The number of rotatable bonds is 3. The minimum atomic E-state index is -0.0602. The lowest BCUT2D eigenvalue weighted by molar-refractivity contribution is 0.579. The van der Waals surface area contributed by atoms with Crippen molar-refractivity contribution in [1.29, 1.82) is 0 Å². The lowest BCUT2D eigenvalue weighted by Gasteiger charge is -2.18. The molecule has 1 aliphatic rings. The van der Waals surface area contributed by atoms with E-state index >= 15 is 0 Å². The van der Waals surface area contributed by atoms with Crippen LogP contribution in [0, 0.1) is 5.41 Å². The fourth-order valence-electron chi connectivity index (χ4n) is 7.27. The Morgan fingerprint density at radius 1 is 0.587 bits per heavy atom. The topological polar surface area (TPSA) is 35.9 Å². The molecule has 0 atom stereocenters. The van der Waals surface area contributed by atoms with Crippen molar-refractivity contribution >= 4 is 54.4 Å². The summed E-state index contributed by atoms with van der Waals surface area (Å²) >= 11 is 0. The molecule has 2 heterocycles. The van der Waals surface area contributed by atoms with Crippen LogP contribution in [0.15, 0.2) is 157 Å². The normalized spacial score (nSPS) is 14.2. The predicted octanol–water partition coefficient (Wildman–Crippen LogP) is 10.6. The molecule has 9 rings (SSSR count). The SMILES string of the molecule is CC1(C)C=CC(Cc2cccc3c4ccccc4n(-c4ccccc4)c23)=C1N.Cn1c2ccccc2c2c3ccccc3ccc21. The van der Waals surface area contributed by atoms with Crippen molar-refractivity contribution in [2.45, 2.75) is 20.3 Å². The van der Waals surface area contributed by atoms with Crippen LogP contribution < -0.4 is 5.73 Å². The number of para-hydroxylation sites is 4. The number of aryl methyl sites for hydroxylation is 1. The minimum Gasteiger partial charge on any atom is -0.401 e. The monoisotopic (exact) mass is 595 g/mol. The molecule has 0 spiro atoms. The predicted molar refractivity (Wildman–Crippen MR) is 197 cm³/mol. The van der Waals surface area contributed by atoms with Gasteiger partial charge in [-0.05, 0) is 52.2 Å². The quantitative estimate of drug-likeness (QED) is 0.217. The second-order valence-corrected chi connectivity index (χ2v) is 12.9. The third kappa shape index (κ3) is 4.42. The Balaban J connectivity index is 0.000000149. The Hall–Kier alpha value is -5.54. The number of nitrogens with two attached hydrogens (primary N) is 1. The molecule has 0 saturated carbocycles. The first kappa shape index (κ1) is 28.0. The molecule has 0 unspecified atom stereocenters. The van der Waals surface area contributed by atoms with E-state index < -0.39 is 0 Å². The molecule has 0 aliphatic heterocycles. The maximum absolute atomic E-state index is 6.48. The van der Waals surface area contributed by atoms with Crippen LogP contribution in [0.5, 0.6) is 0 Å². The van der Waals surface area contributed by atoms with Crippen LogP contribution in [-0.4, -0.2) is 9.13 Å². The Morgan fingerprint density at radius 3 is 2.00 bits per heavy atom. The number of benzene rings is 6. The zero-order valence-electron chi connectivity index (χ0n) is 26.5. The molecule has 2 aromatic heterocycles. The van der Waals surface area contributed by atoms with Gasteiger partial charge in [-0.25, -0.2) is 0 Å². The molecule has 6 aromatic carbocycles. The van der Waals surface area contributed by atoms with Crippen LogP contribution >= 0.6 is 0 Å². The molecular formula is C43H37N3. The number of aromatic nitrogens is 2. The van der Waals surface area contributed by atoms with Gasteiger partial charge in [0.2, 0.25) is 0 Å². The molecule has 0 bridgehead atoms. The average molecular weight is 596 g/mol. The second kappa shape index (κ2) is 10.8. The summed E-state index contributed by atoms with van der Waals surface area (Å²) in [4.78, 5) is 0. The van der Waals surface area contributed by atoms with Crippen LogP contribution in [0.3, 0.4) is 0 Å². The first-order valence-electron chi connectivity index (χ1n) is 16.0. The fraction of sp³-hybridized carbons (Fsp3) is 0.116. The van der Waals surface area contributed by atoms with Crippen molar-refractivity contribution < 1.29 is 0 Å². The highest BCUT2D eigenvalue weighted by Gasteiger charge is 2.26. The van der Waals surface area contributed by atoms with Crippen LogP contribution in [0.4, 0.5) is 0 Å². The molecular weight excluding hydrogens is 558 g/mol. The van der Waals surface area contributed by atoms with Crippen molar-refractivity contribution in [2.24, 2.45) is 18.2 Å². The van der Waals surface area contributed by atoms with Crippen molar-refractivity contribution in [1.82, 2.24) is 9.13 Å². The second-order valence-electron chi connectivity index (χ2n) is 12.9. The van der Waals surface area contributed by atoms with E-state index in [4.69, 9.17) is 5.73 Å². The first-order chi connectivity index (χ1) is 22.4. The summed E-state index contributed by atoms with van der Waals surface area (Å²) in [6.07, 6.45) is 5.25. The van der Waals surface area contributed by atoms with Crippen molar-refractivity contribution in [2.75, 3.05) is 0 Å². The van der Waals surface area contributed by atoms with E-state index in [1.54, 1.807) is 0 Å². The number of hydrogen-bond donors (Lipinski definition) is 1. The molecule has 3 nitrogen and oxygen atoms in total. The Morgan fingerprint density at radius 2 is 1.24 bits per heavy atom. The van der Waals surface area contributed by atoms with E-state index in [0.29, 0.717) is 0 Å². The van der Waals surface area contributed by atoms with Gasteiger partial charge in [-0.1, -0.05) is 129 Å². The zero-order valence-corrected chi connectivity index (χ0v) is 26.5. The summed E-state index contributed by atoms with van der Waals surface area (Å²) in [5, 5.41) is 7.93. The number of hydrogen-bond acceptors (Lipinski definition) is 1. The van der Waals surface area contributed by atoms with Gasteiger partial charge in [0.15, 0.2) is 0 Å². The first-order valence-corrected chi connectivity index (χ1v) is 16.0. The Kier molecular flexibility index (Phi) is 6.58. The standard InChI is InChI=1S/C26H24N2.C17H13N/c1-26(2)16-15-19(25(26)27)17-18-9-8-13-22-21-12-6-7-14-23(21)28(24(18)22)20-10-4-3-5-11-20;1-18-15-9-5-4-8-14(15)17-13-7-3-2-6-12(13)10-11-16(17)18/h3-16H,17,27H2,1-2H3;2-11H,1H3. The van der Waals surface area contributed by atoms with Crippen LogP contribution in [-0.2, 0) is 13.5 Å². The highest BCUT2D eigenvalue weighted by Crippen LogP contribution is 2.38. The smallest absolute Gasteiger partial charge is 0.0576 e. The molecule has 0 radical (unpaired) electrons. The maximum atomic E-state index is 6.48. The van der Waals surface area contributed by atoms with Gasteiger partial charge in [0, 0.05) is 62.8 Å². The Bertz CT molecular complexity index is 2490. The molecule has 1 aliphatic carbocycles. The lowest BCUT2D eigenvalue weighted by Crippen LogP contribution is -2.17.